The highest BCUT2D eigenvalue weighted by Gasteiger charge is 2.10. The minimum atomic E-state index is -0.704. The molecule has 2 aromatic carbocycles. The summed E-state index contributed by atoms with van der Waals surface area (Å²) in [7, 11) is 0. The number of aryl methyl sites for hydroxylation is 1. The predicted octanol–water partition coefficient (Wildman–Crippen LogP) is 2.14. The van der Waals surface area contributed by atoms with Crippen LogP contribution in [0.15, 0.2) is 53.0 Å². The number of halogens is 1. The summed E-state index contributed by atoms with van der Waals surface area (Å²) >= 11 is 3.28. The number of esters is 1. The SMILES string of the molecule is Cc1ccc(C(=O)NNC(=O)COC(=O)COc2cccc(Br)c2)cc1. The summed E-state index contributed by atoms with van der Waals surface area (Å²) in [5, 5.41) is 0. The number of amides is 2. The van der Waals surface area contributed by atoms with Crippen LogP contribution >= 0.6 is 15.9 Å². The minimum absolute atomic E-state index is 0.334. The van der Waals surface area contributed by atoms with Crippen molar-refractivity contribution in [2.45, 2.75) is 6.92 Å². The molecule has 2 N–H and O–H groups in total. The van der Waals surface area contributed by atoms with Crippen molar-refractivity contribution in [3.63, 3.8) is 0 Å². The molecule has 0 unspecified atom stereocenters. The average Bonchev–Trinajstić information content (AvgIpc) is 2.63. The number of carbonyl (C=O) groups excluding carboxylic acids is 3. The number of hydrogen-bond acceptors (Lipinski definition) is 5. The fraction of sp³-hybridized carbons (Fsp3) is 0.167. The Labute approximate surface area is 158 Å². The molecule has 0 saturated heterocycles. The van der Waals surface area contributed by atoms with Gasteiger partial charge in [-0.3, -0.25) is 20.4 Å². The summed E-state index contributed by atoms with van der Waals surface area (Å²) in [6.45, 7) is 1.03. The van der Waals surface area contributed by atoms with E-state index in [-0.39, 0.29) is 6.61 Å². The fourth-order valence-electron chi connectivity index (χ4n) is 1.83. The second kappa shape index (κ2) is 9.57. The van der Waals surface area contributed by atoms with Crippen LogP contribution in [0.3, 0.4) is 0 Å². The lowest BCUT2D eigenvalue weighted by Gasteiger charge is -2.09. The van der Waals surface area contributed by atoms with Crippen LogP contribution in [-0.4, -0.2) is 31.0 Å². The summed E-state index contributed by atoms with van der Waals surface area (Å²) in [5.41, 5.74) is 5.82. The lowest BCUT2D eigenvalue weighted by Crippen LogP contribution is -2.43. The van der Waals surface area contributed by atoms with Crippen LogP contribution < -0.4 is 15.6 Å². The van der Waals surface area contributed by atoms with Crippen molar-refractivity contribution in [3.8, 4) is 5.75 Å². The van der Waals surface area contributed by atoms with Crippen LogP contribution in [0.5, 0.6) is 5.75 Å². The summed E-state index contributed by atoms with van der Waals surface area (Å²) in [6.07, 6.45) is 0. The van der Waals surface area contributed by atoms with E-state index in [1.54, 1.807) is 42.5 Å². The van der Waals surface area contributed by atoms with E-state index in [2.05, 4.69) is 26.8 Å². The van der Waals surface area contributed by atoms with Gasteiger partial charge in [0.15, 0.2) is 13.2 Å². The van der Waals surface area contributed by atoms with Gasteiger partial charge in [-0.05, 0) is 37.3 Å². The van der Waals surface area contributed by atoms with Crippen molar-refractivity contribution >= 4 is 33.7 Å². The van der Waals surface area contributed by atoms with Gasteiger partial charge >= 0.3 is 5.97 Å². The molecular formula is C18H17BrN2O5. The second-order valence-electron chi connectivity index (χ2n) is 5.28. The molecule has 0 atom stereocenters. The maximum absolute atomic E-state index is 11.8. The monoisotopic (exact) mass is 420 g/mol. The normalized spacial score (nSPS) is 9.92. The van der Waals surface area contributed by atoms with Crippen molar-refractivity contribution in [3.05, 3.63) is 64.1 Å². The van der Waals surface area contributed by atoms with Gasteiger partial charge in [0.25, 0.3) is 11.8 Å². The quantitative estimate of drug-likeness (QED) is 0.551. The van der Waals surface area contributed by atoms with Gasteiger partial charge in [0.1, 0.15) is 5.75 Å². The van der Waals surface area contributed by atoms with E-state index in [4.69, 9.17) is 9.47 Å². The molecule has 0 spiro atoms. The molecule has 0 aliphatic rings. The van der Waals surface area contributed by atoms with Crippen LogP contribution in [0.2, 0.25) is 0 Å². The molecule has 26 heavy (non-hydrogen) atoms. The number of rotatable bonds is 6. The molecule has 0 saturated carbocycles. The van der Waals surface area contributed by atoms with E-state index >= 15 is 0 Å². The standard InChI is InChI=1S/C18H17BrN2O5/c1-12-5-7-13(8-6-12)18(24)21-20-16(22)10-26-17(23)11-25-15-4-2-3-14(19)9-15/h2-9H,10-11H2,1H3,(H,20,22)(H,21,24). The Bertz CT molecular complexity index is 792. The molecular weight excluding hydrogens is 404 g/mol. The molecule has 2 rings (SSSR count). The van der Waals surface area contributed by atoms with Crippen LogP contribution in [0.4, 0.5) is 0 Å². The smallest absolute Gasteiger partial charge is 0.344 e. The summed E-state index contributed by atoms with van der Waals surface area (Å²) < 4.78 is 10.8. The number of ether oxygens (including phenoxy) is 2. The molecule has 0 aliphatic carbocycles. The van der Waals surface area contributed by atoms with E-state index in [0.717, 1.165) is 10.0 Å². The highest BCUT2D eigenvalue weighted by molar-refractivity contribution is 9.10. The van der Waals surface area contributed by atoms with Gasteiger partial charge in [0, 0.05) is 10.0 Å². The third kappa shape index (κ3) is 6.56. The Hall–Kier alpha value is -2.87. The molecule has 0 radical (unpaired) electrons. The van der Waals surface area contributed by atoms with Gasteiger partial charge in [-0.2, -0.15) is 0 Å². The largest absolute Gasteiger partial charge is 0.482 e. The Kier molecular flexibility index (Phi) is 7.16. The van der Waals surface area contributed by atoms with Crippen molar-refractivity contribution in [2.75, 3.05) is 13.2 Å². The van der Waals surface area contributed by atoms with E-state index in [0.29, 0.717) is 11.3 Å². The maximum Gasteiger partial charge on any atom is 0.344 e. The second-order valence-corrected chi connectivity index (χ2v) is 6.19. The Morgan fingerprint density at radius 1 is 1.00 bits per heavy atom. The first kappa shape index (κ1) is 19.5. The lowest BCUT2D eigenvalue weighted by molar-refractivity contribution is -0.150. The zero-order valence-electron chi connectivity index (χ0n) is 14.0. The summed E-state index contributed by atoms with van der Waals surface area (Å²) in [6, 6.07) is 13.8. The molecule has 0 fully saturated rings. The highest BCUT2D eigenvalue weighted by atomic mass is 79.9. The van der Waals surface area contributed by atoms with E-state index < -0.39 is 24.4 Å². The first-order valence-electron chi connectivity index (χ1n) is 7.64. The van der Waals surface area contributed by atoms with Crippen molar-refractivity contribution in [2.24, 2.45) is 0 Å². The number of carbonyl (C=O) groups is 3. The third-order valence-electron chi connectivity index (χ3n) is 3.15. The number of nitrogens with one attached hydrogen (secondary N) is 2. The molecule has 0 aliphatic heterocycles. The topological polar surface area (TPSA) is 93.7 Å². The molecule has 0 bridgehead atoms. The van der Waals surface area contributed by atoms with Crippen LogP contribution in [0.1, 0.15) is 15.9 Å². The summed E-state index contributed by atoms with van der Waals surface area (Å²) in [4.78, 5) is 35.0. The van der Waals surface area contributed by atoms with Gasteiger partial charge in [-0.15, -0.1) is 0 Å². The van der Waals surface area contributed by atoms with Crippen molar-refractivity contribution < 1.29 is 23.9 Å². The van der Waals surface area contributed by atoms with E-state index in [1.165, 1.54) is 0 Å². The van der Waals surface area contributed by atoms with Gasteiger partial charge < -0.3 is 9.47 Å². The molecule has 7 nitrogen and oxygen atoms in total. The highest BCUT2D eigenvalue weighted by Crippen LogP contribution is 2.17. The molecule has 0 heterocycles. The zero-order chi connectivity index (χ0) is 18.9. The first-order chi connectivity index (χ1) is 12.4. The predicted molar refractivity (Wildman–Crippen MR) is 97.4 cm³/mol. The zero-order valence-corrected chi connectivity index (χ0v) is 15.5. The molecule has 2 aromatic rings. The maximum atomic E-state index is 11.8. The Morgan fingerprint density at radius 3 is 2.42 bits per heavy atom. The van der Waals surface area contributed by atoms with E-state index in [9.17, 15) is 14.4 Å². The number of benzene rings is 2. The van der Waals surface area contributed by atoms with Gasteiger partial charge in [-0.1, -0.05) is 39.7 Å². The van der Waals surface area contributed by atoms with E-state index in [1.807, 2.05) is 13.0 Å². The van der Waals surface area contributed by atoms with Crippen LogP contribution in [0, 0.1) is 6.92 Å². The lowest BCUT2D eigenvalue weighted by atomic mass is 10.1. The minimum Gasteiger partial charge on any atom is -0.482 e. The third-order valence-corrected chi connectivity index (χ3v) is 3.64. The Balaban J connectivity index is 1.67. The number of hydrazine groups is 1. The van der Waals surface area contributed by atoms with Crippen molar-refractivity contribution in [1.82, 2.24) is 10.9 Å². The molecule has 0 aromatic heterocycles. The molecule has 2 amide bonds. The fourth-order valence-corrected chi connectivity index (χ4v) is 2.20. The average molecular weight is 421 g/mol. The van der Waals surface area contributed by atoms with Crippen molar-refractivity contribution in [1.29, 1.82) is 0 Å². The van der Waals surface area contributed by atoms with Gasteiger partial charge in [0.2, 0.25) is 0 Å². The number of hydrogen-bond donors (Lipinski definition) is 2. The Morgan fingerprint density at radius 2 is 1.73 bits per heavy atom. The van der Waals surface area contributed by atoms with Crippen LogP contribution in [-0.2, 0) is 14.3 Å². The van der Waals surface area contributed by atoms with Gasteiger partial charge in [0.05, 0.1) is 0 Å². The van der Waals surface area contributed by atoms with Crippen LogP contribution in [0.25, 0.3) is 0 Å². The first-order valence-corrected chi connectivity index (χ1v) is 8.43. The van der Waals surface area contributed by atoms with Gasteiger partial charge in [-0.25, -0.2) is 4.79 Å². The molecule has 136 valence electrons. The molecule has 8 heteroatoms. The summed E-state index contributed by atoms with van der Waals surface area (Å²) in [5.74, 6) is -1.35.